The second kappa shape index (κ2) is 13.5. The number of hydrogen-bond donors (Lipinski definition) is 2. The maximum atomic E-state index is 13.4. The highest BCUT2D eigenvalue weighted by molar-refractivity contribution is 5.99. The summed E-state index contributed by atoms with van der Waals surface area (Å²) in [6.45, 7) is 12.5. The number of nitrogens with zero attached hydrogens (tertiary/aromatic N) is 7. The van der Waals surface area contributed by atoms with Crippen molar-refractivity contribution in [1.29, 1.82) is 15.8 Å². The number of nitrogens with one attached hydrogen (secondary N) is 2. The van der Waals surface area contributed by atoms with E-state index in [0.717, 1.165) is 4.68 Å². The molecule has 0 aliphatic heterocycles. The van der Waals surface area contributed by atoms with E-state index in [4.69, 9.17) is 0 Å². The largest absolute Gasteiger partial charge is 0.383 e. The molecule has 9 nitrogen and oxygen atoms in total. The molecule has 1 aromatic carbocycles. The van der Waals surface area contributed by atoms with Crippen LogP contribution in [-0.4, -0.2) is 39.9 Å². The minimum atomic E-state index is -1.13. The van der Waals surface area contributed by atoms with Crippen LogP contribution < -0.4 is 10.6 Å². The average Bonchev–Trinajstić information content (AvgIpc) is 3.45. The maximum Gasteiger partial charge on any atom is 0.114 e. The van der Waals surface area contributed by atoms with E-state index in [1.807, 2.05) is 0 Å². The van der Waals surface area contributed by atoms with Gasteiger partial charge in [-0.3, -0.25) is 4.98 Å². The van der Waals surface area contributed by atoms with Gasteiger partial charge in [-0.1, -0.05) is 38.6 Å². The summed E-state index contributed by atoms with van der Waals surface area (Å²) in [5.74, 6) is 0. The number of fused-ring (bicyclic) bond motifs is 1. The first-order valence-electron chi connectivity index (χ1n) is 13.3. The molecule has 0 unspecified atom stereocenters. The van der Waals surface area contributed by atoms with E-state index in [0.29, 0.717) is 56.8 Å². The van der Waals surface area contributed by atoms with Gasteiger partial charge in [0.2, 0.25) is 0 Å². The van der Waals surface area contributed by atoms with Crippen LogP contribution in [0.15, 0.2) is 60.0 Å². The third-order valence-corrected chi connectivity index (χ3v) is 6.56. The van der Waals surface area contributed by atoms with Crippen LogP contribution in [0, 0.1) is 39.4 Å². The van der Waals surface area contributed by atoms with Crippen LogP contribution in [0.4, 0.5) is 20.2 Å². The van der Waals surface area contributed by atoms with Crippen LogP contribution in [0.1, 0.15) is 63.5 Å². The van der Waals surface area contributed by atoms with E-state index in [1.165, 1.54) is 12.4 Å². The van der Waals surface area contributed by atoms with Crippen LogP contribution in [0.2, 0.25) is 0 Å². The SMILES string of the molecule is C=C(/C(C)=C(C#N)\C=C/C)[C@H](Nc1cc(C#N)c2ncc(C#N)c(NCC(C)(C)C)c2c1)c1cn(C(CF)CF)nn1. The molecule has 3 aromatic rings. The lowest BCUT2D eigenvalue weighted by Crippen LogP contribution is -2.20. The molecule has 0 bridgehead atoms. The Hall–Kier alpha value is -5.08. The number of rotatable bonds is 11. The summed E-state index contributed by atoms with van der Waals surface area (Å²) in [6.07, 6.45) is 6.26. The standard InChI is InChI=1S/C31H33F2N9/c1-7-8-21(13-34)19(2)20(3)28(27-17-42(41-40-27)25(11-32)12-33)39-24-9-22(14-35)29-26(10-24)30(23(15-36)16-37-29)38-18-31(4,5)6/h7-10,16-17,25,28,39H,3,11-12,18H2,1-2,4-6H3,(H,37,38)/b8-7-,21-19+/t28-/m0/s1. The average molecular weight is 570 g/mol. The van der Waals surface area contributed by atoms with Crippen LogP contribution in [0.5, 0.6) is 0 Å². The van der Waals surface area contributed by atoms with Crippen LogP contribution >= 0.6 is 0 Å². The smallest absolute Gasteiger partial charge is 0.114 e. The van der Waals surface area contributed by atoms with Crippen molar-refractivity contribution < 1.29 is 8.78 Å². The van der Waals surface area contributed by atoms with Crippen molar-refractivity contribution in [3.63, 3.8) is 0 Å². The van der Waals surface area contributed by atoms with E-state index in [2.05, 4.69) is 71.5 Å². The number of hydrogen-bond acceptors (Lipinski definition) is 8. The van der Waals surface area contributed by atoms with Crippen LogP contribution in [0.3, 0.4) is 0 Å². The second-order valence-corrected chi connectivity index (χ2v) is 10.9. The Morgan fingerprint density at radius 2 is 1.83 bits per heavy atom. The van der Waals surface area contributed by atoms with Gasteiger partial charge < -0.3 is 10.6 Å². The van der Waals surface area contributed by atoms with Gasteiger partial charge in [-0.05, 0) is 48.6 Å². The first-order chi connectivity index (χ1) is 20.0. The lowest BCUT2D eigenvalue weighted by Gasteiger charge is -2.23. The van der Waals surface area contributed by atoms with Gasteiger partial charge in [0.15, 0.2) is 0 Å². The lowest BCUT2D eigenvalue weighted by molar-refractivity contribution is 0.269. The quantitative estimate of drug-likeness (QED) is 0.194. The van der Waals surface area contributed by atoms with Gasteiger partial charge in [0.25, 0.3) is 0 Å². The van der Waals surface area contributed by atoms with Crippen LogP contribution in [0.25, 0.3) is 10.9 Å². The summed E-state index contributed by atoms with van der Waals surface area (Å²) < 4.78 is 27.9. The summed E-state index contributed by atoms with van der Waals surface area (Å²) in [5, 5.41) is 44.9. The molecule has 0 aliphatic rings. The predicted molar refractivity (Wildman–Crippen MR) is 159 cm³/mol. The molecular weight excluding hydrogens is 536 g/mol. The molecule has 42 heavy (non-hydrogen) atoms. The summed E-state index contributed by atoms with van der Waals surface area (Å²) in [7, 11) is 0. The number of halogens is 2. The number of nitriles is 3. The van der Waals surface area contributed by atoms with Gasteiger partial charge in [0.1, 0.15) is 37.2 Å². The van der Waals surface area contributed by atoms with E-state index in [-0.39, 0.29) is 11.0 Å². The van der Waals surface area contributed by atoms with Crippen molar-refractivity contribution in [3.05, 3.63) is 76.8 Å². The molecular formula is C31H33F2N9. The van der Waals surface area contributed by atoms with Crippen molar-refractivity contribution in [3.8, 4) is 18.2 Å². The summed E-state index contributed by atoms with van der Waals surface area (Å²) >= 11 is 0. The maximum absolute atomic E-state index is 13.4. The zero-order chi connectivity index (χ0) is 31.0. The van der Waals surface area contributed by atoms with Crippen molar-refractivity contribution in [2.45, 2.75) is 46.7 Å². The topological polar surface area (TPSA) is 139 Å². The molecule has 0 saturated carbocycles. The first kappa shape index (κ1) is 31.4. The summed E-state index contributed by atoms with van der Waals surface area (Å²) in [5.41, 5.74) is 3.63. The Bertz CT molecular complexity index is 1650. The van der Waals surface area contributed by atoms with Gasteiger partial charge in [0.05, 0.1) is 46.2 Å². The van der Waals surface area contributed by atoms with E-state index in [9.17, 15) is 24.6 Å². The molecule has 2 aromatic heterocycles. The highest BCUT2D eigenvalue weighted by atomic mass is 19.1. The number of aromatic nitrogens is 4. The molecule has 216 valence electrons. The number of anilines is 2. The van der Waals surface area contributed by atoms with Crippen molar-refractivity contribution >= 4 is 22.3 Å². The molecule has 0 aliphatic carbocycles. The van der Waals surface area contributed by atoms with E-state index in [1.54, 1.807) is 38.1 Å². The van der Waals surface area contributed by atoms with Gasteiger partial charge in [-0.2, -0.15) is 15.8 Å². The molecule has 0 fully saturated rings. The number of alkyl halides is 2. The second-order valence-electron chi connectivity index (χ2n) is 10.9. The normalized spacial score (nSPS) is 12.9. The molecule has 0 spiro atoms. The third-order valence-electron chi connectivity index (χ3n) is 6.56. The molecule has 0 radical (unpaired) electrons. The fraction of sp³-hybridized carbons (Fsp3) is 0.355. The van der Waals surface area contributed by atoms with E-state index < -0.39 is 25.4 Å². The zero-order valence-electron chi connectivity index (χ0n) is 24.3. The van der Waals surface area contributed by atoms with Crippen molar-refractivity contribution in [2.75, 3.05) is 30.5 Å². The molecule has 3 rings (SSSR count). The fourth-order valence-electron chi connectivity index (χ4n) is 4.19. The van der Waals surface area contributed by atoms with Gasteiger partial charge in [-0.15, -0.1) is 5.10 Å². The molecule has 11 heteroatoms. The summed E-state index contributed by atoms with van der Waals surface area (Å²) in [4.78, 5) is 4.39. The first-order valence-corrected chi connectivity index (χ1v) is 13.3. The zero-order valence-corrected chi connectivity index (χ0v) is 24.3. The Morgan fingerprint density at radius 3 is 2.40 bits per heavy atom. The van der Waals surface area contributed by atoms with Crippen LogP contribution in [-0.2, 0) is 0 Å². The Morgan fingerprint density at radius 1 is 1.14 bits per heavy atom. The Labute approximate surface area is 244 Å². The molecule has 0 saturated heterocycles. The summed E-state index contributed by atoms with van der Waals surface area (Å²) in [6, 6.07) is 7.95. The number of allylic oxidation sites excluding steroid dienone is 3. The number of benzene rings is 1. The molecule has 2 N–H and O–H groups in total. The monoisotopic (exact) mass is 569 g/mol. The molecule has 0 amide bonds. The Balaban J connectivity index is 2.23. The minimum Gasteiger partial charge on any atom is -0.383 e. The lowest BCUT2D eigenvalue weighted by atomic mass is 9.94. The molecule has 2 heterocycles. The van der Waals surface area contributed by atoms with Gasteiger partial charge >= 0.3 is 0 Å². The third kappa shape index (κ3) is 6.97. The van der Waals surface area contributed by atoms with Crippen molar-refractivity contribution in [2.24, 2.45) is 5.41 Å². The predicted octanol–water partition coefficient (Wildman–Crippen LogP) is 6.63. The Kier molecular flexibility index (Phi) is 10.1. The van der Waals surface area contributed by atoms with Gasteiger partial charge in [0, 0.05) is 23.8 Å². The highest BCUT2D eigenvalue weighted by Crippen LogP contribution is 2.35. The van der Waals surface area contributed by atoms with Gasteiger partial charge in [-0.25, -0.2) is 13.5 Å². The fourth-order valence-corrected chi connectivity index (χ4v) is 4.19. The molecule has 1 atom stereocenters. The number of pyridine rings is 1. The highest BCUT2D eigenvalue weighted by Gasteiger charge is 2.25. The van der Waals surface area contributed by atoms with Crippen molar-refractivity contribution in [1.82, 2.24) is 20.0 Å². The minimum absolute atomic E-state index is 0.1000. The van der Waals surface area contributed by atoms with E-state index >= 15 is 0 Å².